The van der Waals surface area contributed by atoms with Crippen LogP contribution < -0.4 is 9.47 Å². The van der Waals surface area contributed by atoms with Crippen LogP contribution in [0, 0.1) is 12.7 Å². The summed E-state index contributed by atoms with van der Waals surface area (Å²) in [5.41, 5.74) is -0.0493. The molecule has 0 amide bonds. The molecule has 1 N–H and O–H groups in total. The van der Waals surface area contributed by atoms with Crippen LogP contribution in [0.5, 0.6) is 11.5 Å². The van der Waals surface area contributed by atoms with Crippen molar-refractivity contribution in [1.29, 1.82) is 0 Å². The number of aromatic carboxylic acids is 1. The molecule has 0 saturated heterocycles. The Hall–Kier alpha value is -5.40. The van der Waals surface area contributed by atoms with Gasteiger partial charge in [0.15, 0.2) is 11.5 Å². The first-order chi connectivity index (χ1) is 21.2. The van der Waals surface area contributed by atoms with Crippen molar-refractivity contribution >= 4 is 5.97 Å². The van der Waals surface area contributed by atoms with Gasteiger partial charge in [-0.1, -0.05) is 42.5 Å². The van der Waals surface area contributed by atoms with Crippen LogP contribution >= 0.6 is 0 Å². The number of carboxylic acids is 1. The van der Waals surface area contributed by atoms with E-state index in [0.29, 0.717) is 27.6 Å². The largest absolute Gasteiger partial charge is 0.573 e. The Balaban J connectivity index is 1.40. The van der Waals surface area contributed by atoms with E-state index in [-0.39, 0.29) is 29.4 Å². The van der Waals surface area contributed by atoms with Crippen molar-refractivity contribution in [3.8, 4) is 39.7 Å². The fraction of sp³-hybridized carbons (Fsp3) is 0.129. The summed E-state index contributed by atoms with van der Waals surface area (Å²) in [6, 6.07) is 18.4. The Kier molecular flexibility index (Phi) is 8.24. The number of benzene rings is 3. The number of carbonyl (C=O) groups is 1. The van der Waals surface area contributed by atoms with Crippen molar-refractivity contribution < 1.29 is 50.1 Å². The van der Waals surface area contributed by atoms with Crippen LogP contribution in [0.25, 0.3) is 28.2 Å². The number of aromatic nitrogens is 3. The molecule has 0 radical (unpaired) electrons. The number of carboxylic acid groups (broad SMARTS) is 1. The minimum absolute atomic E-state index is 0.0334. The highest BCUT2D eigenvalue weighted by Crippen LogP contribution is 2.36. The van der Waals surface area contributed by atoms with Crippen LogP contribution in [-0.4, -0.2) is 32.2 Å². The fourth-order valence-electron chi connectivity index (χ4n) is 4.55. The third kappa shape index (κ3) is 6.89. The monoisotopic (exact) mass is 631 g/mol. The summed E-state index contributed by atoms with van der Waals surface area (Å²) >= 11 is 0. The van der Waals surface area contributed by atoms with E-state index in [4.69, 9.17) is 4.74 Å². The predicted molar refractivity (Wildman–Crippen MR) is 146 cm³/mol. The molecule has 0 unspecified atom stereocenters. The number of pyridine rings is 1. The summed E-state index contributed by atoms with van der Waals surface area (Å²) in [6.45, 7) is 1.74. The molecule has 0 spiro atoms. The van der Waals surface area contributed by atoms with Gasteiger partial charge in [-0.15, -0.1) is 13.2 Å². The van der Waals surface area contributed by atoms with Crippen molar-refractivity contribution in [2.75, 3.05) is 0 Å². The summed E-state index contributed by atoms with van der Waals surface area (Å²) in [5.74, 6) is -3.32. The topological polar surface area (TPSA) is 86.5 Å². The average molecular weight is 632 g/mol. The number of nitrogens with zero attached hydrogens (tertiary/aromatic N) is 3. The highest BCUT2D eigenvalue weighted by Gasteiger charge is 2.41. The molecule has 5 aromatic rings. The van der Waals surface area contributed by atoms with Gasteiger partial charge in [0.2, 0.25) is 0 Å². The number of alkyl halides is 6. The normalized spacial score (nSPS) is 11.8. The van der Waals surface area contributed by atoms with Crippen LogP contribution in [0.3, 0.4) is 0 Å². The van der Waals surface area contributed by atoms with Gasteiger partial charge in [-0.25, -0.2) is 18.9 Å². The maximum atomic E-state index is 15.1. The minimum atomic E-state index is -5.08. The molecule has 2 aromatic heterocycles. The summed E-state index contributed by atoms with van der Waals surface area (Å²) in [4.78, 5) is 15.5. The predicted octanol–water partition coefficient (Wildman–Crippen LogP) is 8.24. The third-order valence-electron chi connectivity index (χ3n) is 6.60. The van der Waals surface area contributed by atoms with E-state index in [1.165, 1.54) is 54.6 Å². The van der Waals surface area contributed by atoms with E-state index in [0.717, 1.165) is 11.6 Å². The van der Waals surface area contributed by atoms with Crippen LogP contribution in [-0.2, 0) is 12.8 Å². The molecule has 14 heteroatoms. The van der Waals surface area contributed by atoms with E-state index in [1.54, 1.807) is 25.1 Å². The Morgan fingerprint density at radius 2 is 1.60 bits per heavy atom. The zero-order valence-corrected chi connectivity index (χ0v) is 22.9. The molecule has 0 aliphatic rings. The molecule has 232 valence electrons. The maximum absolute atomic E-state index is 15.1. The summed E-state index contributed by atoms with van der Waals surface area (Å²) in [7, 11) is 0. The van der Waals surface area contributed by atoms with Crippen LogP contribution in [0.15, 0.2) is 85.1 Å². The molecule has 0 aliphatic carbocycles. The van der Waals surface area contributed by atoms with Crippen molar-refractivity contribution in [2.45, 2.75) is 26.1 Å². The first-order valence-electron chi connectivity index (χ1n) is 12.9. The zero-order valence-electron chi connectivity index (χ0n) is 22.9. The van der Waals surface area contributed by atoms with Crippen LogP contribution in [0.4, 0.5) is 30.7 Å². The van der Waals surface area contributed by atoms with Gasteiger partial charge in [0, 0.05) is 0 Å². The Labute approximate surface area is 250 Å². The molecular formula is C31H20F7N3O4. The van der Waals surface area contributed by atoms with Gasteiger partial charge in [-0.3, -0.25) is 0 Å². The summed E-state index contributed by atoms with van der Waals surface area (Å²) in [6.07, 6.45) is -9.32. The van der Waals surface area contributed by atoms with Crippen LogP contribution in [0.2, 0.25) is 0 Å². The Morgan fingerprint density at radius 3 is 2.24 bits per heavy atom. The van der Waals surface area contributed by atoms with E-state index in [9.17, 15) is 36.2 Å². The van der Waals surface area contributed by atoms with E-state index in [1.807, 2.05) is 0 Å². The smallest absolute Gasteiger partial charge is 0.488 e. The highest BCUT2D eigenvalue weighted by atomic mass is 19.4. The SMILES string of the molecule is Cc1cc(-c2ccc(OC(F)(F)F)cc2)ccc1COc1cccc(F)c1-c1cccc(-n2ncc(C(=O)O)c2C(F)(F)F)n1. The van der Waals surface area contributed by atoms with Crippen molar-refractivity contribution in [2.24, 2.45) is 0 Å². The quantitative estimate of drug-likeness (QED) is 0.174. The van der Waals surface area contributed by atoms with Gasteiger partial charge in [-0.2, -0.15) is 18.3 Å². The molecule has 3 aromatic carbocycles. The average Bonchev–Trinajstić information content (AvgIpc) is 3.43. The second-order valence-electron chi connectivity index (χ2n) is 9.62. The number of hydrogen-bond donors (Lipinski definition) is 1. The molecule has 0 saturated carbocycles. The van der Waals surface area contributed by atoms with Gasteiger partial charge in [-0.05, 0) is 65.6 Å². The lowest BCUT2D eigenvalue weighted by atomic mass is 10.00. The minimum Gasteiger partial charge on any atom is -0.488 e. The van der Waals surface area contributed by atoms with Crippen molar-refractivity contribution in [1.82, 2.24) is 14.8 Å². The third-order valence-corrected chi connectivity index (χ3v) is 6.60. The van der Waals surface area contributed by atoms with Gasteiger partial charge in [0.1, 0.15) is 29.5 Å². The number of halogens is 7. The van der Waals surface area contributed by atoms with Gasteiger partial charge in [0.05, 0.1) is 17.5 Å². The standard InChI is InChI=1S/C31H20F7N3O4/c1-17-14-19(18-10-12-21(13-11-18)45-31(36,37)38)8-9-20(17)16-44-25-6-2-4-23(32)27(25)24-5-3-7-26(40-24)41-28(30(33,34)35)22(15-39-41)29(42)43/h2-15H,16H2,1H3,(H,42,43). The highest BCUT2D eigenvalue weighted by molar-refractivity contribution is 5.89. The first-order valence-corrected chi connectivity index (χ1v) is 12.9. The molecule has 0 aliphatic heterocycles. The Morgan fingerprint density at radius 1 is 0.911 bits per heavy atom. The fourth-order valence-corrected chi connectivity index (χ4v) is 4.55. The van der Waals surface area contributed by atoms with E-state index in [2.05, 4.69) is 14.8 Å². The molecule has 5 rings (SSSR count). The summed E-state index contributed by atoms with van der Waals surface area (Å²) < 4.78 is 104. The molecule has 0 bridgehead atoms. The maximum Gasteiger partial charge on any atom is 0.573 e. The second kappa shape index (κ2) is 11.9. The number of hydrogen-bond acceptors (Lipinski definition) is 5. The first kappa shape index (κ1) is 31.0. The number of rotatable bonds is 8. The lowest BCUT2D eigenvalue weighted by Gasteiger charge is -2.15. The number of ether oxygens (including phenoxy) is 2. The lowest BCUT2D eigenvalue weighted by Crippen LogP contribution is -2.18. The molecule has 7 nitrogen and oxygen atoms in total. The Bertz CT molecular complexity index is 1870. The van der Waals surface area contributed by atoms with Gasteiger partial charge < -0.3 is 14.6 Å². The van der Waals surface area contributed by atoms with Gasteiger partial charge in [0.25, 0.3) is 0 Å². The molecule has 45 heavy (non-hydrogen) atoms. The molecule has 0 atom stereocenters. The molecule has 0 fully saturated rings. The number of aryl methyl sites for hydroxylation is 1. The summed E-state index contributed by atoms with van der Waals surface area (Å²) in [5, 5.41) is 12.8. The second-order valence-corrected chi connectivity index (χ2v) is 9.62. The van der Waals surface area contributed by atoms with Gasteiger partial charge >= 0.3 is 18.5 Å². The van der Waals surface area contributed by atoms with Crippen molar-refractivity contribution in [3.05, 3.63) is 113 Å². The molecule has 2 heterocycles. The lowest BCUT2D eigenvalue weighted by molar-refractivity contribution is -0.274. The van der Waals surface area contributed by atoms with E-state index < -0.39 is 41.4 Å². The van der Waals surface area contributed by atoms with Crippen LogP contribution in [0.1, 0.15) is 27.2 Å². The molecular weight excluding hydrogens is 611 g/mol. The van der Waals surface area contributed by atoms with E-state index >= 15 is 4.39 Å². The van der Waals surface area contributed by atoms with Crippen molar-refractivity contribution in [3.63, 3.8) is 0 Å². The zero-order chi connectivity index (χ0) is 32.5.